The highest BCUT2D eigenvalue weighted by atomic mass is 32.2. The van der Waals surface area contributed by atoms with Crippen LogP contribution in [-0.4, -0.2) is 91.6 Å². The van der Waals surface area contributed by atoms with E-state index in [-0.39, 0.29) is 23.6 Å². The van der Waals surface area contributed by atoms with Crippen molar-refractivity contribution in [1.82, 2.24) is 19.9 Å². The highest BCUT2D eigenvalue weighted by molar-refractivity contribution is 7.90. The standard InChI is InChI=1S/C22H31N7O4S/c1-15(2)25-18-10-20(26-19-4-5-23-22(27-19)28-6-8-33-9-7-28)24-11-17(18)21(30)29-12-16(13-29)14-34(3,31)32/h4-5,10-11,15-16H,6-9,12-14H2,1-3H3,(H2,23,24,25,26,27). The van der Waals surface area contributed by atoms with Crippen LogP contribution in [0.2, 0.25) is 0 Å². The molecule has 0 atom stereocenters. The summed E-state index contributed by atoms with van der Waals surface area (Å²) in [5.41, 5.74) is 1.11. The minimum atomic E-state index is -3.06. The first-order chi connectivity index (χ1) is 16.2. The number of likely N-dealkylation sites (tertiary alicyclic amines) is 1. The van der Waals surface area contributed by atoms with Gasteiger partial charge in [0.1, 0.15) is 21.5 Å². The fourth-order valence-corrected chi connectivity index (χ4v) is 5.10. The summed E-state index contributed by atoms with van der Waals surface area (Å²) in [7, 11) is -3.06. The van der Waals surface area contributed by atoms with Gasteiger partial charge in [0.25, 0.3) is 5.91 Å². The molecule has 2 fully saturated rings. The van der Waals surface area contributed by atoms with Crippen molar-refractivity contribution in [3.05, 3.63) is 30.1 Å². The topological polar surface area (TPSA) is 130 Å². The molecule has 0 radical (unpaired) electrons. The number of aromatic nitrogens is 3. The SMILES string of the molecule is CC(C)Nc1cc(Nc2ccnc(N3CCOCC3)n2)ncc1C(=O)N1CC(CS(C)(=O)=O)C1. The molecular weight excluding hydrogens is 458 g/mol. The monoisotopic (exact) mass is 489 g/mol. The van der Waals surface area contributed by atoms with Crippen molar-refractivity contribution < 1.29 is 17.9 Å². The molecule has 11 nitrogen and oxygen atoms in total. The lowest BCUT2D eigenvalue weighted by atomic mass is 10.0. The van der Waals surface area contributed by atoms with Crippen LogP contribution in [0.3, 0.4) is 0 Å². The van der Waals surface area contributed by atoms with E-state index in [1.54, 1.807) is 29.4 Å². The molecule has 12 heteroatoms. The van der Waals surface area contributed by atoms with Crippen molar-refractivity contribution in [2.75, 3.05) is 66.9 Å². The van der Waals surface area contributed by atoms with Crippen molar-refractivity contribution >= 4 is 39.0 Å². The number of morpholine rings is 1. The second-order valence-electron chi connectivity index (χ2n) is 9.05. The summed E-state index contributed by atoms with van der Waals surface area (Å²) < 4.78 is 28.4. The van der Waals surface area contributed by atoms with Crippen molar-refractivity contribution in [3.63, 3.8) is 0 Å². The molecule has 1 amide bonds. The second kappa shape index (κ2) is 10.1. The average Bonchev–Trinajstić information content (AvgIpc) is 2.75. The van der Waals surface area contributed by atoms with Crippen LogP contribution in [0.25, 0.3) is 0 Å². The third-order valence-corrected chi connectivity index (χ3v) is 6.63. The Bertz CT molecular complexity index is 1130. The summed E-state index contributed by atoms with van der Waals surface area (Å²) in [5, 5.41) is 6.52. The zero-order valence-electron chi connectivity index (χ0n) is 19.7. The van der Waals surface area contributed by atoms with Crippen LogP contribution in [0.4, 0.5) is 23.3 Å². The smallest absolute Gasteiger partial charge is 0.257 e. The molecule has 0 unspecified atom stereocenters. The molecule has 184 valence electrons. The van der Waals surface area contributed by atoms with E-state index in [0.29, 0.717) is 55.1 Å². The van der Waals surface area contributed by atoms with Gasteiger partial charge < -0.3 is 25.2 Å². The highest BCUT2D eigenvalue weighted by Crippen LogP contribution is 2.27. The second-order valence-corrected chi connectivity index (χ2v) is 11.2. The van der Waals surface area contributed by atoms with Gasteiger partial charge in [0.05, 0.1) is 30.2 Å². The summed E-state index contributed by atoms with van der Waals surface area (Å²) in [6.45, 7) is 7.61. The predicted molar refractivity (Wildman–Crippen MR) is 130 cm³/mol. The number of pyridine rings is 1. The molecule has 4 heterocycles. The summed E-state index contributed by atoms with van der Waals surface area (Å²) in [4.78, 5) is 30.2. The van der Waals surface area contributed by atoms with E-state index in [0.717, 1.165) is 13.1 Å². The van der Waals surface area contributed by atoms with E-state index in [1.165, 1.54) is 6.26 Å². The van der Waals surface area contributed by atoms with Gasteiger partial charge in [-0.25, -0.2) is 18.4 Å². The van der Waals surface area contributed by atoms with E-state index in [2.05, 4.69) is 30.5 Å². The number of sulfone groups is 1. The average molecular weight is 490 g/mol. The van der Waals surface area contributed by atoms with Gasteiger partial charge in [0.2, 0.25) is 5.95 Å². The molecule has 0 bridgehead atoms. The van der Waals surface area contributed by atoms with Gasteiger partial charge in [-0.3, -0.25) is 4.79 Å². The summed E-state index contributed by atoms with van der Waals surface area (Å²) in [5.74, 6) is 1.69. The van der Waals surface area contributed by atoms with Crippen LogP contribution in [0.15, 0.2) is 24.5 Å². The molecule has 2 aliphatic rings. The Balaban J connectivity index is 1.48. The molecule has 2 aromatic rings. The third-order valence-electron chi connectivity index (χ3n) is 5.55. The van der Waals surface area contributed by atoms with Crippen LogP contribution in [-0.2, 0) is 14.6 Å². The highest BCUT2D eigenvalue weighted by Gasteiger charge is 2.34. The number of carbonyl (C=O) groups is 1. The molecule has 34 heavy (non-hydrogen) atoms. The lowest BCUT2D eigenvalue weighted by Crippen LogP contribution is -2.52. The van der Waals surface area contributed by atoms with Crippen LogP contribution >= 0.6 is 0 Å². The molecule has 0 aromatic carbocycles. The van der Waals surface area contributed by atoms with Crippen molar-refractivity contribution in [2.45, 2.75) is 19.9 Å². The molecule has 0 saturated carbocycles. The van der Waals surface area contributed by atoms with E-state index in [1.807, 2.05) is 13.8 Å². The van der Waals surface area contributed by atoms with Gasteiger partial charge in [0.15, 0.2) is 0 Å². The number of anilines is 4. The minimum absolute atomic E-state index is 0.0206. The fourth-order valence-electron chi connectivity index (χ4n) is 4.03. The Morgan fingerprint density at radius 2 is 1.94 bits per heavy atom. The van der Waals surface area contributed by atoms with Crippen LogP contribution in [0.5, 0.6) is 0 Å². The van der Waals surface area contributed by atoms with E-state index < -0.39 is 9.84 Å². The first-order valence-electron chi connectivity index (χ1n) is 11.3. The number of amides is 1. The number of hydrogen-bond donors (Lipinski definition) is 2. The molecule has 2 N–H and O–H groups in total. The van der Waals surface area contributed by atoms with Crippen molar-refractivity contribution in [1.29, 1.82) is 0 Å². The maximum Gasteiger partial charge on any atom is 0.257 e. The third kappa shape index (κ3) is 6.11. The molecule has 2 aliphatic heterocycles. The van der Waals surface area contributed by atoms with Crippen LogP contribution in [0, 0.1) is 5.92 Å². The van der Waals surface area contributed by atoms with Gasteiger partial charge >= 0.3 is 0 Å². The van der Waals surface area contributed by atoms with Crippen molar-refractivity contribution in [3.8, 4) is 0 Å². The normalized spacial score (nSPS) is 16.9. The maximum absolute atomic E-state index is 13.1. The lowest BCUT2D eigenvalue weighted by molar-refractivity contribution is 0.0535. The van der Waals surface area contributed by atoms with Gasteiger partial charge in [-0.05, 0) is 19.9 Å². The fraction of sp³-hybridized carbons (Fsp3) is 0.545. The quantitative estimate of drug-likeness (QED) is 0.561. The molecule has 2 saturated heterocycles. The van der Waals surface area contributed by atoms with E-state index >= 15 is 0 Å². The zero-order valence-corrected chi connectivity index (χ0v) is 20.5. The van der Waals surface area contributed by atoms with Gasteiger partial charge in [-0.1, -0.05) is 0 Å². The number of nitrogens with one attached hydrogen (secondary N) is 2. The number of hydrogen-bond acceptors (Lipinski definition) is 10. The number of ether oxygens (including phenoxy) is 1. The number of carbonyl (C=O) groups excluding carboxylic acids is 1. The molecule has 0 aliphatic carbocycles. The Kier molecular flexibility index (Phi) is 7.17. The Hall–Kier alpha value is -2.99. The van der Waals surface area contributed by atoms with E-state index in [4.69, 9.17) is 4.74 Å². The van der Waals surface area contributed by atoms with Gasteiger partial charge in [-0.15, -0.1) is 0 Å². The molecule has 4 rings (SSSR count). The molecular formula is C22H31N7O4S. The Morgan fingerprint density at radius 3 is 2.62 bits per heavy atom. The maximum atomic E-state index is 13.1. The van der Waals surface area contributed by atoms with Crippen molar-refractivity contribution in [2.24, 2.45) is 5.92 Å². The summed E-state index contributed by atoms with van der Waals surface area (Å²) >= 11 is 0. The summed E-state index contributed by atoms with van der Waals surface area (Å²) in [6, 6.07) is 3.66. The largest absolute Gasteiger partial charge is 0.382 e. The minimum Gasteiger partial charge on any atom is -0.382 e. The predicted octanol–water partition coefficient (Wildman–Crippen LogP) is 1.39. The van der Waals surface area contributed by atoms with Gasteiger partial charge in [-0.2, -0.15) is 4.98 Å². The van der Waals surface area contributed by atoms with Crippen LogP contribution < -0.4 is 15.5 Å². The lowest BCUT2D eigenvalue weighted by Gasteiger charge is -2.39. The van der Waals surface area contributed by atoms with Crippen LogP contribution in [0.1, 0.15) is 24.2 Å². The molecule has 2 aromatic heterocycles. The first-order valence-corrected chi connectivity index (χ1v) is 13.4. The number of rotatable bonds is 8. The Labute approximate surface area is 199 Å². The Morgan fingerprint density at radius 1 is 1.21 bits per heavy atom. The van der Waals surface area contributed by atoms with Gasteiger partial charge in [0, 0.05) is 62.9 Å². The summed E-state index contributed by atoms with van der Waals surface area (Å²) in [6.07, 6.45) is 4.46. The number of nitrogens with zero attached hydrogens (tertiary/aromatic N) is 5. The zero-order chi connectivity index (χ0) is 24.3. The van der Waals surface area contributed by atoms with E-state index in [9.17, 15) is 13.2 Å². The first kappa shape index (κ1) is 24.1. The molecule has 0 spiro atoms.